The smallest absolute Gasteiger partial charge is 0.271 e. The molecule has 0 aliphatic heterocycles. The number of hydrogen-bond acceptors (Lipinski definition) is 3. The molecule has 0 radical (unpaired) electrons. The van der Waals surface area contributed by atoms with Crippen LogP contribution in [0.4, 0.5) is 11.4 Å². The maximum atomic E-state index is 10.7. The Labute approximate surface area is 94.8 Å². The number of nitro groups is 1. The second-order valence-electron chi connectivity index (χ2n) is 4.58. The fraction of sp³-hybridized carbons (Fsp3) is 0.500. The molecule has 86 valence electrons. The van der Waals surface area contributed by atoms with Gasteiger partial charge in [-0.1, -0.05) is 0 Å². The SMILES string of the molecule is Cc1cc(NC(C)C2CC2)cc([N+](=O)[O-])c1. The number of non-ortho nitro benzene ring substituents is 1. The van der Waals surface area contributed by atoms with Gasteiger partial charge in [0.25, 0.3) is 5.69 Å². The third-order valence-electron chi connectivity index (χ3n) is 3.00. The van der Waals surface area contributed by atoms with E-state index in [2.05, 4.69) is 12.2 Å². The Morgan fingerprint density at radius 3 is 2.69 bits per heavy atom. The van der Waals surface area contributed by atoms with Crippen LogP contribution >= 0.6 is 0 Å². The van der Waals surface area contributed by atoms with Gasteiger partial charge in [-0.2, -0.15) is 0 Å². The Morgan fingerprint density at radius 1 is 1.44 bits per heavy atom. The Hall–Kier alpha value is -1.58. The van der Waals surface area contributed by atoms with Gasteiger partial charge in [-0.25, -0.2) is 0 Å². The number of hydrogen-bond donors (Lipinski definition) is 1. The second kappa shape index (κ2) is 4.12. The molecular weight excluding hydrogens is 204 g/mol. The van der Waals surface area contributed by atoms with E-state index in [1.165, 1.54) is 12.8 Å². The minimum atomic E-state index is -0.347. The third-order valence-corrected chi connectivity index (χ3v) is 3.00. The summed E-state index contributed by atoms with van der Waals surface area (Å²) in [4.78, 5) is 10.4. The van der Waals surface area contributed by atoms with Crippen LogP contribution < -0.4 is 5.32 Å². The zero-order valence-corrected chi connectivity index (χ0v) is 9.56. The van der Waals surface area contributed by atoms with E-state index < -0.39 is 0 Å². The third kappa shape index (κ3) is 2.51. The van der Waals surface area contributed by atoms with Crippen molar-refractivity contribution in [1.29, 1.82) is 0 Å². The Morgan fingerprint density at radius 2 is 2.12 bits per heavy atom. The van der Waals surface area contributed by atoms with Crippen LogP contribution in [0.1, 0.15) is 25.3 Å². The van der Waals surface area contributed by atoms with Gasteiger partial charge in [-0.15, -0.1) is 0 Å². The normalized spacial score (nSPS) is 16.9. The molecule has 0 amide bonds. The van der Waals surface area contributed by atoms with Gasteiger partial charge in [-0.3, -0.25) is 10.1 Å². The number of nitrogens with zero attached hydrogens (tertiary/aromatic N) is 1. The summed E-state index contributed by atoms with van der Waals surface area (Å²) in [5.74, 6) is 0.736. The van der Waals surface area contributed by atoms with Crippen molar-refractivity contribution in [3.8, 4) is 0 Å². The van der Waals surface area contributed by atoms with E-state index in [1.54, 1.807) is 12.1 Å². The van der Waals surface area contributed by atoms with Crippen LogP contribution in [-0.2, 0) is 0 Å². The summed E-state index contributed by atoms with van der Waals surface area (Å²) in [5.41, 5.74) is 1.93. The Bertz CT molecular complexity index is 413. The van der Waals surface area contributed by atoms with Crippen molar-refractivity contribution in [3.63, 3.8) is 0 Å². The Kier molecular flexibility index (Phi) is 2.81. The second-order valence-corrected chi connectivity index (χ2v) is 4.58. The molecule has 16 heavy (non-hydrogen) atoms. The lowest BCUT2D eigenvalue weighted by Gasteiger charge is -2.14. The van der Waals surface area contributed by atoms with Gasteiger partial charge >= 0.3 is 0 Å². The number of nitro benzene ring substituents is 1. The molecule has 1 fully saturated rings. The van der Waals surface area contributed by atoms with Crippen molar-refractivity contribution < 1.29 is 4.92 Å². The molecule has 2 rings (SSSR count). The van der Waals surface area contributed by atoms with E-state index in [0.717, 1.165) is 17.2 Å². The molecule has 0 bridgehead atoms. The van der Waals surface area contributed by atoms with Gasteiger partial charge < -0.3 is 5.32 Å². The maximum absolute atomic E-state index is 10.7. The highest BCUT2D eigenvalue weighted by Gasteiger charge is 2.27. The molecule has 1 aliphatic rings. The number of anilines is 1. The van der Waals surface area contributed by atoms with Crippen molar-refractivity contribution >= 4 is 11.4 Å². The van der Waals surface area contributed by atoms with E-state index in [1.807, 2.05) is 13.0 Å². The van der Waals surface area contributed by atoms with E-state index in [0.29, 0.717) is 6.04 Å². The summed E-state index contributed by atoms with van der Waals surface area (Å²) < 4.78 is 0. The van der Waals surface area contributed by atoms with Crippen molar-refractivity contribution in [2.45, 2.75) is 32.7 Å². The zero-order valence-electron chi connectivity index (χ0n) is 9.56. The predicted molar refractivity (Wildman–Crippen MR) is 63.6 cm³/mol. The molecule has 4 heteroatoms. The summed E-state index contributed by atoms with van der Waals surface area (Å²) in [6.07, 6.45) is 2.53. The molecule has 0 spiro atoms. The number of aryl methyl sites for hydroxylation is 1. The lowest BCUT2D eigenvalue weighted by Crippen LogP contribution is -2.17. The first-order valence-corrected chi connectivity index (χ1v) is 5.59. The first-order valence-electron chi connectivity index (χ1n) is 5.59. The first kappa shape index (κ1) is 10.9. The summed E-state index contributed by atoms with van der Waals surface area (Å²) >= 11 is 0. The quantitative estimate of drug-likeness (QED) is 0.626. The van der Waals surface area contributed by atoms with Crippen LogP contribution in [0.3, 0.4) is 0 Å². The van der Waals surface area contributed by atoms with Gasteiger partial charge in [0.15, 0.2) is 0 Å². The molecule has 1 N–H and O–H groups in total. The zero-order chi connectivity index (χ0) is 11.7. The summed E-state index contributed by atoms with van der Waals surface area (Å²) in [6.45, 7) is 4.01. The monoisotopic (exact) mass is 220 g/mol. The minimum Gasteiger partial charge on any atom is -0.382 e. The highest BCUT2D eigenvalue weighted by molar-refractivity contribution is 5.54. The highest BCUT2D eigenvalue weighted by Crippen LogP contribution is 2.34. The predicted octanol–water partition coefficient (Wildman–Crippen LogP) is 3.11. The van der Waals surface area contributed by atoms with Crippen LogP contribution in [-0.4, -0.2) is 11.0 Å². The van der Waals surface area contributed by atoms with E-state index >= 15 is 0 Å². The molecule has 4 nitrogen and oxygen atoms in total. The van der Waals surface area contributed by atoms with Crippen LogP contribution in [0, 0.1) is 23.0 Å². The van der Waals surface area contributed by atoms with Crippen LogP contribution in [0.5, 0.6) is 0 Å². The van der Waals surface area contributed by atoms with E-state index in [9.17, 15) is 10.1 Å². The van der Waals surface area contributed by atoms with E-state index in [4.69, 9.17) is 0 Å². The lowest BCUT2D eigenvalue weighted by molar-refractivity contribution is -0.384. The summed E-state index contributed by atoms with van der Waals surface area (Å²) in [5, 5.41) is 14.1. The van der Waals surface area contributed by atoms with Crippen molar-refractivity contribution in [2.75, 3.05) is 5.32 Å². The molecule has 1 atom stereocenters. The standard InChI is InChI=1S/C12H16N2O2/c1-8-5-11(7-12(6-8)14(15)16)13-9(2)10-3-4-10/h5-7,9-10,13H,3-4H2,1-2H3. The molecule has 1 saturated carbocycles. The van der Waals surface area contributed by atoms with Gasteiger partial charge in [0, 0.05) is 23.9 Å². The molecule has 0 heterocycles. The Balaban J connectivity index is 2.16. The van der Waals surface area contributed by atoms with Crippen molar-refractivity contribution in [1.82, 2.24) is 0 Å². The van der Waals surface area contributed by atoms with Crippen molar-refractivity contribution in [3.05, 3.63) is 33.9 Å². The average molecular weight is 220 g/mol. The minimum absolute atomic E-state index is 0.158. The number of nitrogens with one attached hydrogen (secondary N) is 1. The number of rotatable bonds is 4. The first-order chi connectivity index (χ1) is 7.56. The largest absolute Gasteiger partial charge is 0.382 e. The summed E-state index contributed by atoms with van der Waals surface area (Å²) in [6, 6.07) is 5.55. The van der Waals surface area contributed by atoms with Crippen LogP contribution in [0.2, 0.25) is 0 Å². The molecular formula is C12H16N2O2. The molecule has 0 aromatic heterocycles. The van der Waals surface area contributed by atoms with Crippen LogP contribution in [0.15, 0.2) is 18.2 Å². The van der Waals surface area contributed by atoms with Crippen molar-refractivity contribution in [2.24, 2.45) is 5.92 Å². The average Bonchev–Trinajstić information content (AvgIpc) is 2.99. The number of benzene rings is 1. The molecule has 1 unspecified atom stereocenters. The van der Waals surface area contributed by atoms with Gasteiger partial charge in [0.05, 0.1) is 4.92 Å². The highest BCUT2D eigenvalue weighted by atomic mass is 16.6. The lowest BCUT2D eigenvalue weighted by atomic mass is 10.1. The fourth-order valence-electron chi connectivity index (χ4n) is 1.93. The molecule has 1 aromatic rings. The van der Waals surface area contributed by atoms with Gasteiger partial charge in [0.1, 0.15) is 0 Å². The molecule has 0 saturated heterocycles. The molecule has 1 aliphatic carbocycles. The van der Waals surface area contributed by atoms with Gasteiger partial charge in [0.2, 0.25) is 0 Å². The topological polar surface area (TPSA) is 55.2 Å². The van der Waals surface area contributed by atoms with E-state index in [-0.39, 0.29) is 10.6 Å². The molecule has 1 aromatic carbocycles. The fourth-order valence-corrected chi connectivity index (χ4v) is 1.93. The summed E-state index contributed by atoms with van der Waals surface area (Å²) in [7, 11) is 0. The van der Waals surface area contributed by atoms with Gasteiger partial charge in [-0.05, 0) is 44.2 Å². The van der Waals surface area contributed by atoms with Crippen LogP contribution in [0.25, 0.3) is 0 Å². The maximum Gasteiger partial charge on any atom is 0.271 e.